The van der Waals surface area contributed by atoms with Gasteiger partial charge in [-0.2, -0.15) is 4.31 Å². The summed E-state index contributed by atoms with van der Waals surface area (Å²) in [5, 5.41) is 0. The highest BCUT2D eigenvalue weighted by atomic mass is 32.2. The van der Waals surface area contributed by atoms with Gasteiger partial charge in [0, 0.05) is 31.5 Å². The van der Waals surface area contributed by atoms with Crippen molar-refractivity contribution in [3.05, 3.63) is 54.0 Å². The van der Waals surface area contributed by atoms with E-state index in [1.54, 1.807) is 6.07 Å². The molecule has 2 aliphatic rings. The second kappa shape index (κ2) is 8.68. The molecule has 1 aromatic carbocycles. The third kappa shape index (κ3) is 4.28. The fraction of sp³-hybridized carbons (Fsp3) is 0.391. The number of rotatable bonds is 5. The highest BCUT2D eigenvalue weighted by Crippen LogP contribution is 2.34. The molecule has 0 saturated carbocycles. The molecule has 0 spiro atoms. The molecule has 4 heterocycles. The van der Waals surface area contributed by atoms with Crippen LogP contribution in [0.4, 0.5) is 0 Å². The second-order valence-electron chi connectivity index (χ2n) is 8.25. The fourth-order valence-corrected chi connectivity index (χ4v) is 5.69. The Morgan fingerprint density at radius 3 is 2.67 bits per heavy atom. The first-order valence-electron chi connectivity index (χ1n) is 10.9. The van der Waals surface area contributed by atoms with Crippen LogP contribution in [0.15, 0.2) is 47.6 Å². The molecule has 0 N–H and O–H groups in total. The third-order valence-electron chi connectivity index (χ3n) is 6.03. The molecule has 0 aliphatic carbocycles. The Morgan fingerprint density at radius 1 is 1.15 bits per heavy atom. The van der Waals surface area contributed by atoms with E-state index in [2.05, 4.69) is 4.98 Å². The van der Waals surface area contributed by atoms with Crippen LogP contribution in [0.1, 0.15) is 24.1 Å². The number of ether oxygens (including phenoxy) is 3. The van der Waals surface area contributed by atoms with Gasteiger partial charge in [0.2, 0.25) is 10.0 Å². The number of pyridine rings is 1. The predicted octanol–water partition coefficient (Wildman–Crippen LogP) is 2.56. The van der Waals surface area contributed by atoms with Crippen molar-refractivity contribution in [2.75, 3.05) is 26.3 Å². The summed E-state index contributed by atoms with van der Waals surface area (Å²) >= 11 is 0. The summed E-state index contributed by atoms with van der Waals surface area (Å²) in [5.74, 6) is 0.320. The first-order valence-corrected chi connectivity index (χ1v) is 12.4. The van der Waals surface area contributed by atoms with Crippen LogP contribution in [-0.2, 0) is 26.2 Å². The average molecular weight is 472 g/mol. The van der Waals surface area contributed by atoms with Gasteiger partial charge in [0.25, 0.3) is 0 Å². The number of carbonyl (C=O) groups is 1. The minimum Gasteiger partial charge on any atom is -0.486 e. The lowest BCUT2D eigenvalue weighted by Gasteiger charge is -2.30. The molecule has 1 fully saturated rings. The number of piperidine rings is 1. The maximum atomic E-state index is 13.1. The molecule has 2 aromatic heterocycles. The van der Waals surface area contributed by atoms with Gasteiger partial charge in [-0.25, -0.2) is 13.4 Å². The number of sulfonamides is 1. The number of carbonyl (C=O) groups excluding carboxylic acids is 1. The zero-order valence-corrected chi connectivity index (χ0v) is 19.1. The second-order valence-corrected chi connectivity index (χ2v) is 10.2. The van der Waals surface area contributed by atoms with E-state index in [0.29, 0.717) is 43.2 Å². The van der Waals surface area contributed by atoms with Crippen LogP contribution >= 0.6 is 0 Å². The summed E-state index contributed by atoms with van der Waals surface area (Å²) in [6.45, 7) is 3.41. The van der Waals surface area contributed by atoms with Gasteiger partial charge in [-0.15, -0.1) is 0 Å². The van der Waals surface area contributed by atoms with Crippen molar-refractivity contribution >= 4 is 21.6 Å². The van der Waals surface area contributed by atoms with E-state index >= 15 is 0 Å². The van der Waals surface area contributed by atoms with Crippen LogP contribution in [0.25, 0.3) is 5.65 Å². The van der Waals surface area contributed by atoms with Gasteiger partial charge in [-0.3, -0.25) is 4.79 Å². The topological polar surface area (TPSA) is 99.4 Å². The zero-order valence-electron chi connectivity index (χ0n) is 18.3. The Kier molecular flexibility index (Phi) is 5.71. The number of hydrogen-bond acceptors (Lipinski definition) is 7. The van der Waals surface area contributed by atoms with Gasteiger partial charge in [-0.1, -0.05) is 6.07 Å². The monoisotopic (exact) mass is 471 g/mol. The molecule has 174 valence electrons. The Bertz CT molecular complexity index is 1290. The number of imidazole rings is 1. The van der Waals surface area contributed by atoms with Crippen molar-refractivity contribution in [3.63, 3.8) is 0 Å². The number of nitrogens with zero attached hydrogens (tertiary/aromatic N) is 3. The third-order valence-corrected chi connectivity index (χ3v) is 7.92. The highest BCUT2D eigenvalue weighted by Gasteiger charge is 2.33. The summed E-state index contributed by atoms with van der Waals surface area (Å²) < 4.78 is 45.9. The Hall–Kier alpha value is -3.11. The molecule has 10 heteroatoms. The number of hydrogen-bond donors (Lipinski definition) is 0. The summed E-state index contributed by atoms with van der Waals surface area (Å²) in [5.41, 5.74) is 2.55. The van der Waals surface area contributed by atoms with Gasteiger partial charge in [-0.05, 0) is 43.5 Å². The minimum absolute atomic E-state index is 0.0929. The van der Waals surface area contributed by atoms with Crippen molar-refractivity contribution < 1.29 is 27.4 Å². The predicted molar refractivity (Wildman–Crippen MR) is 119 cm³/mol. The van der Waals surface area contributed by atoms with E-state index in [4.69, 9.17) is 14.2 Å². The summed E-state index contributed by atoms with van der Waals surface area (Å²) in [6.07, 6.45) is 4.57. The van der Waals surface area contributed by atoms with E-state index in [-0.39, 0.29) is 36.5 Å². The van der Waals surface area contributed by atoms with Crippen molar-refractivity contribution in [3.8, 4) is 11.5 Å². The first kappa shape index (κ1) is 21.7. The minimum atomic E-state index is -3.69. The molecule has 0 radical (unpaired) electrons. The van der Waals surface area contributed by atoms with Crippen LogP contribution in [0.5, 0.6) is 11.5 Å². The zero-order chi connectivity index (χ0) is 23.0. The standard InChI is InChI=1S/C23H25N3O6S/c1-16-3-2-8-25-14-18(24-22(16)25)15-32-23(27)17-6-9-26(10-7-17)33(28,29)19-4-5-20-21(13-19)31-12-11-30-20/h2-5,8,13-14,17H,6-7,9-12,15H2,1H3. The largest absolute Gasteiger partial charge is 0.486 e. The molecule has 0 bridgehead atoms. The lowest BCUT2D eigenvalue weighted by Crippen LogP contribution is -2.40. The fourth-order valence-electron chi connectivity index (χ4n) is 4.20. The summed E-state index contributed by atoms with van der Waals surface area (Å²) in [7, 11) is -3.69. The summed E-state index contributed by atoms with van der Waals surface area (Å²) in [4.78, 5) is 17.3. The number of aryl methyl sites for hydroxylation is 1. The van der Waals surface area contributed by atoms with Gasteiger partial charge in [0.1, 0.15) is 25.5 Å². The van der Waals surface area contributed by atoms with E-state index in [0.717, 1.165) is 11.2 Å². The van der Waals surface area contributed by atoms with Gasteiger partial charge in [0.05, 0.1) is 16.5 Å². The lowest BCUT2D eigenvalue weighted by atomic mass is 9.98. The molecule has 0 amide bonds. The van der Waals surface area contributed by atoms with Crippen molar-refractivity contribution in [1.82, 2.24) is 13.7 Å². The van der Waals surface area contributed by atoms with Crippen molar-refractivity contribution in [1.29, 1.82) is 0 Å². The van der Waals surface area contributed by atoms with Crippen LogP contribution in [0, 0.1) is 12.8 Å². The Labute approximate surface area is 191 Å². The highest BCUT2D eigenvalue weighted by molar-refractivity contribution is 7.89. The van der Waals surface area contributed by atoms with Crippen LogP contribution < -0.4 is 9.47 Å². The van der Waals surface area contributed by atoms with E-state index < -0.39 is 10.0 Å². The van der Waals surface area contributed by atoms with Crippen LogP contribution in [-0.4, -0.2) is 54.4 Å². The molecular formula is C23H25N3O6S. The number of esters is 1. The number of benzene rings is 1. The quantitative estimate of drug-likeness (QED) is 0.527. The van der Waals surface area contributed by atoms with Gasteiger partial charge in [0.15, 0.2) is 11.5 Å². The van der Waals surface area contributed by atoms with Crippen LogP contribution in [0.3, 0.4) is 0 Å². The number of aromatic nitrogens is 2. The van der Waals surface area contributed by atoms with E-state index in [1.807, 2.05) is 35.9 Å². The van der Waals surface area contributed by atoms with Crippen molar-refractivity contribution in [2.24, 2.45) is 5.92 Å². The van der Waals surface area contributed by atoms with E-state index in [1.165, 1.54) is 16.4 Å². The maximum absolute atomic E-state index is 13.1. The molecular weight excluding hydrogens is 446 g/mol. The SMILES string of the molecule is Cc1cccn2cc(COC(=O)C3CCN(S(=O)(=O)c4ccc5c(c4)OCCO5)CC3)nc12. The van der Waals surface area contributed by atoms with Gasteiger partial charge < -0.3 is 18.6 Å². The van der Waals surface area contributed by atoms with E-state index in [9.17, 15) is 13.2 Å². The Morgan fingerprint density at radius 2 is 1.91 bits per heavy atom. The summed E-state index contributed by atoms with van der Waals surface area (Å²) in [6, 6.07) is 8.56. The molecule has 3 aromatic rings. The molecule has 0 atom stereocenters. The van der Waals surface area contributed by atoms with Crippen LogP contribution in [0.2, 0.25) is 0 Å². The Balaban J connectivity index is 1.18. The lowest BCUT2D eigenvalue weighted by molar-refractivity contribution is -0.151. The molecule has 2 aliphatic heterocycles. The molecule has 0 unspecified atom stereocenters. The van der Waals surface area contributed by atoms with Crippen molar-refractivity contribution in [2.45, 2.75) is 31.3 Å². The molecule has 1 saturated heterocycles. The average Bonchev–Trinajstić information content (AvgIpc) is 3.27. The molecule has 5 rings (SSSR count). The molecule has 33 heavy (non-hydrogen) atoms. The number of fused-ring (bicyclic) bond motifs is 2. The first-order chi connectivity index (χ1) is 15.9. The molecule has 9 nitrogen and oxygen atoms in total. The van der Waals surface area contributed by atoms with Gasteiger partial charge >= 0.3 is 5.97 Å². The smallest absolute Gasteiger partial charge is 0.309 e. The maximum Gasteiger partial charge on any atom is 0.309 e. The normalized spacial score (nSPS) is 17.2.